The second-order valence-corrected chi connectivity index (χ2v) is 5.84. The first-order valence-electron chi connectivity index (χ1n) is 7.05. The summed E-state index contributed by atoms with van der Waals surface area (Å²) in [6.07, 6.45) is 17.3. The molecule has 0 fully saturated rings. The summed E-state index contributed by atoms with van der Waals surface area (Å²) >= 11 is 0. The minimum atomic E-state index is 1.37. The first kappa shape index (κ1) is 15.4. The summed E-state index contributed by atoms with van der Waals surface area (Å²) in [6.45, 7) is 4.57. The molecule has 0 spiro atoms. The van der Waals surface area contributed by atoms with Crippen molar-refractivity contribution in [3.05, 3.63) is 0 Å². The van der Waals surface area contributed by atoms with Crippen LogP contribution in [0.5, 0.6) is 0 Å². The van der Waals surface area contributed by atoms with Crippen molar-refractivity contribution in [1.29, 1.82) is 0 Å². The molecule has 1 radical (unpaired) electrons. The third kappa shape index (κ3) is 14.4. The maximum Gasteiger partial charge on any atom is -0.0287 e. The van der Waals surface area contributed by atoms with Crippen molar-refractivity contribution in [2.75, 3.05) is 12.3 Å². The SMILES string of the molecule is CCCCCCCCC[P]CCCCC. The Hall–Kier alpha value is 0.430. The summed E-state index contributed by atoms with van der Waals surface area (Å²) in [5.74, 6) is 0. The normalized spacial score (nSPS) is 11.6. The molecule has 0 rings (SSSR count). The minimum Gasteiger partial charge on any atom is -0.0810 e. The van der Waals surface area contributed by atoms with Gasteiger partial charge in [0, 0.05) is 0 Å². The predicted octanol–water partition coefficient (Wildman–Crippen LogP) is 5.87. The van der Waals surface area contributed by atoms with E-state index in [4.69, 9.17) is 0 Å². The summed E-state index contributed by atoms with van der Waals surface area (Å²) in [6, 6.07) is 0. The molecule has 0 aromatic heterocycles. The smallest absolute Gasteiger partial charge is 0.0287 e. The highest BCUT2D eigenvalue weighted by molar-refractivity contribution is 7.37. The summed E-state index contributed by atoms with van der Waals surface area (Å²) in [5.41, 5.74) is 0. The quantitative estimate of drug-likeness (QED) is 0.290. The average Bonchev–Trinajstić information content (AvgIpc) is 2.26. The monoisotopic (exact) mass is 229 g/mol. The molecule has 0 N–H and O–H groups in total. The van der Waals surface area contributed by atoms with Gasteiger partial charge >= 0.3 is 0 Å². The van der Waals surface area contributed by atoms with E-state index >= 15 is 0 Å². The molecule has 0 aliphatic rings. The standard InChI is InChI=1S/C14H30P/c1-3-5-7-8-9-10-12-14-15-13-11-6-4-2/h3-14H2,1-2H3. The molecule has 0 unspecified atom stereocenters. The lowest BCUT2D eigenvalue weighted by Crippen LogP contribution is -1.83. The van der Waals surface area contributed by atoms with E-state index < -0.39 is 0 Å². The Balaban J connectivity index is 2.81. The van der Waals surface area contributed by atoms with Crippen LogP contribution in [-0.4, -0.2) is 12.3 Å². The molecular formula is C14H30P. The van der Waals surface area contributed by atoms with Crippen molar-refractivity contribution in [2.45, 2.75) is 78.1 Å². The molecule has 0 amide bonds. The van der Waals surface area contributed by atoms with Crippen molar-refractivity contribution >= 4 is 8.58 Å². The van der Waals surface area contributed by atoms with Crippen molar-refractivity contribution in [3.63, 3.8) is 0 Å². The summed E-state index contributed by atoms with van der Waals surface area (Å²) < 4.78 is 0. The van der Waals surface area contributed by atoms with Crippen LogP contribution in [0.15, 0.2) is 0 Å². The van der Waals surface area contributed by atoms with Crippen molar-refractivity contribution in [3.8, 4) is 0 Å². The van der Waals surface area contributed by atoms with Gasteiger partial charge < -0.3 is 0 Å². The molecular weight excluding hydrogens is 199 g/mol. The van der Waals surface area contributed by atoms with Crippen LogP contribution < -0.4 is 0 Å². The van der Waals surface area contributed by atoms with Gasteiger partial charge in [0.25, 0.3) is 0 Å². The number of unbranched alkanes of at least 4 members (excludes halogenated alkanes) is 8. The molecule has 91 valence electrons. The molecule has 0 saturated heterocycles. The van der Waals surface area contributed by atoms with E-state index in [1.165, 1.54) is 76.5 Å². The van der Waals surface area contributed by atoms with E-state index in [1.54, 1.807) is 8.58 Å². The Bertz CT molecular complexity index is 89.5. The molecule has 15 heavy (non-hydrogen) atoms. The van der Waals surface area contributed by atoms with Gasteiger partial charge in [0.2, 0.25) is 0 Å². The maximum absolute atomic E-state index is 2.29. The zero-order chi connectivity index (χ0) is 11.2. The fourth-order valence-electron chi connectivity index (χ4n) is 1.77. The molecule has 0 aliphatic carbocycles. The molecule has 0 nitrogen and oxygen atoms in total. The molecule has 0 bridgehead atoms. The lowest BCUT2D eigenvalue weighted by atomic mass is 10.1. The lowest BCUT2D eigenvalue weighted by Gasteiger charge is -2.01. The van der Waals surface area contributed by atoms with Gasteiger partial charge in [-0.2, -0.15) is 0 Å². The van der Waals surface area contributed by atoms with Crippen LogP contribution in [0.4, 0.5) is 0 Å². The van der Waals surface area contributed by atoms with E-state index in [9.17, 15) is 0 Å². The van der Waals surface area contributed by atoms with Crippen molar-refractivity contribution in [1.82, 2.24) is 0 Å². The Morgan fingerprint density at radius 1 is 0.533 bits per heavy atom. The van der Waals surface area contributed by atoms with Crippen LogP contribution in [0, 0.1) is 0 Å². The van der Waals surface area contributed by atoms with E-state index in [2.05, 4.69) is 13.8 Å². The Kier molecular flexibility index (Phi) is 14.8. The van der Waals surface area contributed by atoms with Crippen molar-refractivity contribution in [2.24, 2.45) is 0 Å². The highest BCUT2D eigenvalue weighted by Gasteiger charge is 1.92. The van der Waals surface area contributed by atoms with Crippen LogP contribution in [-0.2, 0) is 0 Å². The first-order valence-corrected chi connectivity index (χ1v) is 8.31. The highest BCUT2D eigenvalue weighted by Crippen LogP contribution is 2.17. The van der Waals surface area contributed by atoms with Gasteiger partial charge in [-0.15, -0.1) is 0 Å². The van der Waals surface area contributed by atoms with Gasteiger partial charge in [-0.1, -0.05) is 73.8 Å². The lowest BCUT2D eigenvalue weighted by molar-refractivity contribution is 0.603. The average molecular weight is 229 g/mol. The molecule has 0 aliphatic heterocycles. The predicted molar refractivity (Wildman–Crippen MR) is 74.2 cm³/mol. The zero-order valence-electron chi connectivity index (χ0n) is 10.9. The Morgan fingerprint density at radius 2 is 0.933 bits per heavy atom. The summed E-state index contributed by atoms with van der Waals surface area (Å²) in [4.78, 5) is 0. The van der Waals surface area contributed by atoms with Crippen LogP contribution in [0.2, 0.25) is 0 Å². The fraction of sp³-hybridized carbons (Fsp3) is 1.00. The van der Waals surface area contributed by atoms with Gasteiger partial charge in [-0.3, -0.25) is 0 Å². The van der Waals surface area contributed by atoms with Crippen LogP contribution in [0.3, 0.4) is 0 Å². The van der Waals surface area contributed by atoms with Crippen LogP contribution >= 0.6 is 8.58 Å². The molecule has 0 atom stereocenters. The molecule has 0 heterocycles. The minimum absolute atomic E-state index is 1.37. The number of hydrogen-bond donors (Lipinski definition) is 0. The molecule has 0 aromatic carbocycles. The molecule has 0 aromatic rings. The van der Waals surface area contributed by atoms with Gasteiger partial charge in [0.15, 0.2) is 0 Å². The third-order valence-corrected chi connectivity index (χ3v) is 4.10. The van der Waals surface area contributed by atoms with Crippen molar-refractivity contribution < 1.29 is 0 Å². The summed E-state index contributed by atoms with van der Waals surface area (Å²) in [7, 11) is 1.71. The Labute approximate surface area is 99.4 Å². The number of hydrogen-bond acceptors (Lipinski definition) is 0. The van der Waals surface area contributed by atoms with Crippen LogP contribution in [0.1, 0.15) is 78.1 Å². The van der Waals surface area contributed by atoms with E-state index in [1.807, 2.05) is 0 Å². The summed E-state index contributed by atoms with van der Waals surface area (Å²) in [5, 5.41) is 0. The van der Waals surface area contributed by atoms with E-state index in [0.29, 0.717) is 0 Å². The maximum atomic E-state index is 2.29. The van der Waals surface area contributed by atoms with E-state index in [-0.39, 0.29) is 0 Å². The topological polar surface area (TPSA) is 0 Å². The molecule has 1 heteroatoms. The third-order valence-electron chi connectivity index (χ3n) is 2.84. The second-order valence-electron chi connectivity index (χ2n) is 4.50. The van der Waals surface area contributed by atoms with E-state index in [0.717, 1.165) is 0 Å². The number of rotatable bonds is 12. The van der Waals surface area contributed by atoms with Gasteiger partial charge in [-0.25, -0.2) is 0 Å². The van der Waals surface area contributed by atoms with Gasteiger partial charge in [0.1, 0.15) is 0 Å². The first-order chi connectivity index (χ1) is 7.41. The van der Waals surface area contributed by atoms with Gasteiger partial charge in [-0.05, 0) is 25.2 Å². The van der Waals surface area contributed by atoms with Crippen LogP contribution in [0.25, 0.3) is 0 Å². The molecule has 0 saturated carbocycles. The largest absolute Gasteiger partial charge is 0.0810 e. The Morgan fingerprint density at radius 3 is 1.53 bits per heavy atom. The zero-order valence-corrected chi connectivity index (χ0v) is 11.8. The fourth-order valence-corrected chi connectivity index (χ4v) is 2.88. The second kappa shape index (κ2) is 14.4. The van der Waals surface area contributed by atoms with Gasteiger partial charge in [0.05, 0.1) is 0 Å². The highest BCUT2D eigenvalue weighted by atomic mass is 31.1.